The number of aliphatic hydroxyl groups excluding tert-OH is 1. The average Bonchev–Trinajstić information content (AvgIpc) is 2.56. The Morgan fingerprint density at radius 3 is 2.21 bits per heavy atom. The van der Waals surface area contributed by atoms with Crippen molar-refractivity contribution in [1.82, 2.24) is 0 Å². The number of aliphatic hydroxyl groups is 1. The maximum atomic E-state index is 10.8. The largest absolute Gasteiger partial charge is 0.392 e. The first-order chi connectivity index (χ1) is 8.73. The second-order valence-corrected chi connectivity index (χ2v) is 6.97. The summed E-state index contributed by atoms with van der Waals surface area (Å²) in [5.41, 5.74) is 0.771. The Hall–Kier alpha value is -0.860. The van der Waals surface area contributed by atoms with Gasteiger partial charge in [0.1, 0.15) is 0 Å². The Labute approximate surface area is 116 Å². The van der Waals surface area contributed by atoms with E-state index in [4.69, 9.17) is 4.74 Å². The van der Waals surface area contributed by atoms with Crippen molar-refractivity contribution in [3.05, 3.63) is 35.9 Å². The van der Waals surface area contributed by atoms with E-state index in [1.165, 1.54) is 5.56 Å². The fourth-order valence-electron chi connectivity index (χ4n) is 3.44. The first-order valence-electron chi connectivity index (χ1n) is 7.16. The van der Waals surface area contributed by atoms with Crippen molar-refractivity contribution in [2.24, 2.45) is 5.92 Å². The van der Waals surface area contributed by atoms with Gasteiger partial charge in [0.2, 0.25) is 0 Å². The van der Waals surface area contributed by atoms with Crippen LogP contribution in [-0.4, -0.2) is 22.4 Å². The molecule has 2 heteroatoms. The quantitative estimate of drug-likeness (QED) is 0.899. The molecule has 1 heterocycles. The second kappa shape index (κ2) is 4.92. The summed E-state index contributed by atoms with van der Waals surface area (Å²) in [6, 6.07) is 10.2. The zero-order valence-corrected chi connectivity index (χ0v) is 12.7. The molecular formula is C17H26O2. The lowest BCUT2D eigenvalue weighted by molar-refractivity contribution is -0.0895. The van der Waals surface area contributed by atoms with Crippen molar-refractivity contribution in [2.75, 3.05) is 0 Å². The van der Waals surface area contributed by atoms with Crippen molar-refractivity contribution in [3.8, 4) is 0 Å². The molecule has 0 aromatic heterocycles. The zero-order chi connectivity index (χ0) is 14.3. The fraction of sp³-hybridized carbons (Fsp3) is 0.647. The number of rotatable bonds is 3. The van der Waals surface area contributed by atoms with Gasteiger partial charge in [0.05, 0.1) is 17.3 Å². The van der Waals surface area contributed by atoms with E-state index in [0.29, 0.717) is 0 Å². The predicted octanol–water partition coefficient (Wildman–Crippen LogP) is 3.74. The molecule has 2 rings (SSSR count). The highest BCUT2D eigenvalue weighted by molar-refractivity contribution is 5.21. The van der Waals surface area contributed by atoms with E-state index >= 15 is 0 Å². The standard InChI is InChI=1S/C17H26O2/c1-12(13-9-7-6-8-10-13)15(18)14-11-16(2,3)19-17(14,4)5/h6-10,12,14-15,18H,11H2,1-5H3. The van der Waals surface area contributed by atoms with Crippen LogP contribution >= 0.6 is 0 Å². The van der Waals surface area contributed by atoms with Gasteiger partial charge in [-0.1, -0.05) is 37.3 Å². The minimum Gasteiger partial charge on any atom is -0.392 e. The van der Waals surface area contributed by atoms with E-state index in [1.54, 1.807) is 0 Å². The molecule has 2 nitrogen and oxygen atoms in total. The van der Waals surface area contributed by atoms with Crippen molar-refractivity contribution < 1.29 is 9.84 Å². The lowest BCUT2D eigenvalue weighted by Gasteiger charge is -2.33. The molecule has 0 amide bonds. The third kappa shape index (κ3) is 3.01. The highest BCUT2D eigenvalue weighted by Crippen LogP contribution is 2.46. The molecule has 1 aromatic carbocycles. The number of hydrogen-bond acceptors (Lipinski definition) is 2. The highest BCUT2D eigenvalue weighted by Gasteiger charge is 2.49. The van der Waals surface area contributed by atoms with Gasteiger partial charge < -0.3 is 9.84 Å². The summed E-state index contributed by atoms with van der Waals surface area (Å²) in [6.07, 6.45) is 0.525. The molecule has 1 aliphatic heterocycles. The van der Waals surface area contributed by atoms with Crippen LogP contribution < -0.4 is 0 Å². The van der Waals surface area contributed by atoms with Gasteiger partial charge in [-0.2, -0.15) is 0 Å². The number of ether oxygens (including phenoxy) is 1. The van der Waals surface area contributed by atoms with Crippen molar-refractivity contribution in [2.45, 2.75) is 64.3 Å². The summed E-state index contributed by atoms with van der Waals surface area (Å²) in [5, 5.41) is 10.8. The fourth-order valence-corrected chi connectivity index (χ4v) is 3.44. The molecule has 1 aliphatic rings. The van der Waals surface area contributed by atoms with Crippen LogP contribution in [0.15, 0.2) is 30.3 Å². The first-order valence-corrected chi connectivity index (χ1v) is 7.16. The maximum Gasteiger partial charge on any atom is 0.0687 e. The van der Waals surface area contributed by atoms with Crippen LogP contribution in [0.25, 0.3) is 0 Å². The third-order valence-electron chi connectivity index (χ3n) is 4.39. The Morgan fingerprint density at radius 2 is 1.74 bits per heavy atom. The summed E-state index contributed by atoms with van der Waals surface area (Å²) in [4.78, 5) is 0. The van der Waals surface area contributed by atoms with Gasteiger partial charge in [0.25, 0.3) is 0 Å². The molecule has 1 N–H and O–H groups in total. The molecule has 1 aromatic rings. The smallest absolute Gasteiger partial charge is 0.0687 e. The molecule has 0 spiro atoms. The van der Waals surface area contributed by atoms with Crippen LogP contribution in [0, 0.1) is 5.92 Å². The van der Waals surface area contributed by atoms with Crippen LogP contribution in [0.3, 0.4) is 0 Å². The minimum absolute atomic E-state index is 0.128. The monoisotopic (exact) mass is 262 g/mol. The van der Waals surface area contributed by atoms with E-state index in [2.05, 4.69) is 46.8 Å². The summed E-state index contributed by atoms with van der Waals surface area (Å²) < 4.78 is 6.10. The van der Waals surface area contributed by atoms with Gasteiger partial charge in [-0.25, -0.2) is 0 Å². The average molecular weight is 262 g/mol. The van der Waals surface area contributed by atoms with Gasteiger partial charge in [-0.05, 0) is 39.7 Å². The Balaban J connectivity index is 2.18. The molecule has 19 heavy (non-hydrogen) atoms. The molecular weight excluding hydrogens is 236 g/mol. The van der Waals surface area contributed by atoms with E-state index in [9.17, 15) is 5.11 Å². The SMILES string of the molecule is CC(c1ccccc1)C(O)C1CC(C)(C)OC1(C)C. The van der Waals surface area contributed by atoms with Crippen LogP contribution in [0.4, 0.5) is 0 Å². The molecule has 0 saturated carbocycles. The van der Waals surface area contributed by atoms with Crippen molar-refractivity contribution in [1.29, 1.82) is 0 Å². The summed E-state index contributed by atoms with van der Waals surface area (Å²) in [7, 11) is 0. The van der Waals surface area contributed by atoms with Crippen LogP contribution in [0.2, 0.25) is 0 Å². The van der Waals surface area contributed by atoms with E-state index < -0.39 is 0 Å². The Bertz CT molecular complexity index is 422. The summed E-state index contributed by atoms with van der Waals surface area (Å²) in [5.74, 6) is 0.292. The number of hydrogen-bond donors (Lipinski definition) is 1. The van der Waals surface area contributed by atoms with E-state index in [0.717, 1.165) is 6.42 Å². The van der Waals surface area contributed by atoms with Crippen LogP contribution in [-0.2, 0) is 4.74 Å². The number of benzene rings is 1. The highest BCUT2D eigenvalue weighted by atomic mass is 16.5. The minimum atomic E-state index is -0.376. The predicted molar refractivity (Wildman–Crippen MR) is 78.2 cm³/mol. The lowest BCUT2D eigenvalue weighted by Crippen LogP contribution is -2.38. The molecule has 0 radical (unpaired) electrons. The second-order valence-electron chi connectivity index (χ2n) is 6.97. The zero-order valence-electron chi connectivity index (χ0n) is 12.7. The van der Waals surface area contributed by atoms with Gasteiger partial charge in [0, 0.05) is 11.8 Å². The normalized spacial score (nSPS) is 28.0. The molecule has 3 atom stereocenters. The van der Waals surface area contributed by atoms with Crippen molar-refractivity contribution >= 4 is 0 Å². The van der Waals surface area contributed by atoms with Gasteiger partial charge in [-0.15, -0.1) is 0 Å². The summed E-state index contributed by atoms with van der Waals surface area (Å²) >= 11 is 0. The van der Waals surface area contributed by atoms with Crippen molar-refractivity contribution in [3.63, 3.8) is 0 Å². The molecule has 3 unspecified atom stereocenters. The molecule has 106 valence electrons. The molecule has 0 bridgehead atoms. The first kappa shape index (κ1) is 14.5. The van der Waals surface area contributed by atoms with E-state index in [-0.39, 0.29) is 29.1 Å². The van der Waals surface area contributed by atoms with Gasteiger partial charge in [0.15, 0.2) is 0 Å². The van der Waals surface area contributed by atoms with Crippen LogP contribution in [0.5, 0.6) is 0 Å². The molecule has 0 aliphatic carbocycles. The Morgan fingerprint density at radius 1 is 1.16 bits per heavy atom. The van der Waals surface area contributed by atoms with Gasteiger partial charge in [-0.3, -0.25) is 0 Å². The van der Waals surface area contributed by atoms with Crippen LogP contribution in [0.1, 0.15) is 52.5 Å². The lowest BCUT2D eigenvalue weighted by atomic mass is 9.77. The molecule has 1 saturated heterocycles. The maximum absolute atomic E-state index is 10.8. The van der Waals surface area contributed by atoms with E-state index in [1.807, 2.05) is 18.2 Å². The topological polar surface area (TPSA) is 29.5 Å². The third-order valence-corrected chi connectivity index (χ3v) is 4.39. The Kier molecular flexibility index (Phi) is 3.76. The summed E-state index contributed by atoms with van der Waals surface area (Å²) in [6.45, 7) is 10.5. The van der Waals surface area contributed by atoms with Gasteiger partial charge >= 0.3 is 0 Å². The molecule has 1 fully saturated rings.